The number of rotatable bonds is 4. The van der Waals surface area contributed by atoms with Crippen LogP contribution in [0.2, 0.25) is 0 Å². The lowest BCUT2D eigenvalue weighted by atomic mass is 10.2. The normalized spacial score (nSPS) is 10.4. The van der Waals surface area contributed by atoms with E-state index in [0.717, 1.165) is 11.1 Å². The number of nitrogens with zero attached hydrogens (tertiary/aromatic N) is 2. The number of halogens is 1. The number of carbonyl (C=O) groups excluding carboxylic acids is 1. The highest BCUT2D eigenvalue weighted by Crippen LogP contribution is 2.25. The van der Waals surface area contributed by atoms with Crippen molar-refractivity contribution in [2.45, 2.75) is 6.42 Å². The van der Waals surface area contributed by atoms with E-state index >= 15 is 0 Å². The Morgan fingerprint density at radius 3 is 2.77 bits per heavy atom. The van der Waals surface area contributed by atoms with E-state index in [2.05, 4.69) is 15.3 Å². The Labute approximate surface area is 130 Å². The standard InChI is InChI=1S/C16H12FN3OS/c17-13-5-3-12(4-6-13)14-10-22-16(19-14)20-15(21)8-11-2-1-7-18-9-11/h1-7,9-10H,8H2,(H,19,20,21). The molecule has 22 heavy (non-hydrogen) atoms. The van der Waals surface area contributed by atoms with E-state index in [0.29, 0.717) is 10.8 Å². The topological polar surface area (TPSA) is 54.9 Å². The van der Waals surface area contributed by atoms with Gasteiger partial charge in [-0.05, 0) is 35.9 Å². The smallest absolute Gasteiger partial charge is 0.230 e. The minimum atomic E-state index is -0.288. The number of carbonyl (C=O) groups is 1. The molecule has 3 aromatic rings. The van der Waals surface area contributed by atoms with Crippen molar-refractivity contribution in [3.63, 3.8) is 0 Å². The lowest BCUT2D eigenvalue weighted by Crippen LogP contribution is -2.14. The summed E-state index contributed by atoms with van der Waals surface area (Å²) in [5.41, 5.74) is 2.36. The fraction of sp³-hybridized carbons (Fsp3) is 0.0625. The first-order valence-electron chi connectivity index (χ1n) is 6.61. The lowest BCUT2D eigenvalue weighted by molar-refractivity contribution is -0.115. The Morgan fingerprint density at radius 2 is 2.05 bits per heavy atom. The predicted octanol–water partition coefficient (Wildman–Crippen LogP) is 3.53. The number of hydrogen-bond donors (Lipinski definition) is 1. The monoisotopic (exact) mass is 313 g/mol. The molecule has 0 aliphatic heterocycles. The molecule has 1 N–H and O–H groups in total. The van der Waals surface area contributed by atoms with E-state index in [4.69, 9.17) is 0 Å². The van der Waals surface area contributed by atoms with E-state index in [1.165, 1.54) is 23.5 Å². The van der Waals surface area contributed by atoms with Crippen LogP contribution in [-0.2, 0) is 11.2 Å². The number of nitrogens with one attached hydrogen (secondary N) is 1. The van der Waals surface area contributed by atoms with Gasteiger partial charge in [0.1, 0.15) is 5.82 Å². The number of thiazole rings is 1. The Balaban J connectivity index is 1.66. The Kier molecular flexibility index (Phi) is 4.20. The number of anilines is 1. The highest BCUT2D eigenvalue weighted by atomic mass is 32.1. The van der Waals surface area contributed by atoms with Crippen LogP contribution in [0, 0.1) is 5.82 Å². The number of hydrogen-bond acceptors (Lipinski definition) is 4. The zero-order valence-corrected chi connectivity index (χ0v) is 12.3. The molecule has 0 atom stereocenters. The third kappa shape index (κ3) is 3.53. The molecule has 0 spiro atoms. The van der Waals surface area contributed by atoms with Gasteiger partial charge in [0.05, 0.1) is 12.1 Å². The summed E-state index contributed by atoms with van der Waals surface area (Å²) in [6.45, 7) is 0. The molecule has 3 rings (SSSR count). The molecule has 0 radical (unpaired) electrons. The first kappa shape index (κ1) is 14.3. The molecule has 1 amide bonds. The minimum absolute atomic E-state index is 0.145. The second-order valence-corrected chi connectivity index (χ2v) is 5.49. The van der Waals surface area contributed by atoms with Gasteiger partial charge in [-0.3, -0.25) is 9.78 Å². The minimum Gasteiger partial charge on any atom is -0.302 e. The van der Waals surface area contributed by atoms with Crippen molar-refractivity contribution in [1.82, 2.24) is 9.97 Å². The van der Waals surface area contributed by atoms with Crippen LogP contribution in [0.25, 0.3) is 11.3 Å². The molecule has 0 unspecified atom stereocenters. The van der Waals surface area contributed by atoms with Gasteiger partial charge in [0.25, 0.3) is 0 Å². The summed E-state index contributed by atoms with van der Waals surface area (Å²) in [6, 6.07) is 9.72. The molecular weight excluding hydrogens is 301 g/mol. The maximum absolute atomic E-state index is 12.9. The lowest BCUT2D eigenvalue weighted by Gasteiger charge is -2.01. The van der Waals surface area contributed by atoms with Crippen molar-refractivity contribution < 1.29 is 9.18 Å². The predicted molar refractivity (Wildman–Crippen MR) is 84.1 cm³/mol. The zero-order chi connectivity index (χ0) is 15.4. The van der Waals surface area contributed by atoms with Crippen molar-refractivity contribution in [2.75, 3.05) is 5.32 Å². The van der Waals surface area contributed by atoms with E-state index in [-0.39, 0.29) is 18.1 Å². The van der Waals surface area contributed by atoms with E-state index in [1.807, 2.05) is 11.4 Å². The van der Waals surface area contributed by atoms with Crippen LogP contribution in [0.1, 0.15) is 5.56 Å². The van der Waals surface area contributed by atoms with Gasteiger partial charge >= 0.3 is 0 Å². The second kappa shape index (κ2) is 6.44. The fourth-order valence-electron chi connectivity index (χ4n) is 1.94. The molecule has 0 fully saturated rings. The van der Waals surface area contributed by atoms with Crippen LogP contribution in [0.15, 0.2) is 54.2 Å². The maximum Gasteiger partial charge on any atom is 0.230 e. The average Bonchev–Trinajstić information content (AvgIpc) is 2.97. The van der Waals surface area contributed by atoms with E-state index in [1.54, 1.807) is 30.6 Å². The zero-order valence-electron chi connectivity index (χ0n) is 11.5. The highest BCUT2D eigenvalue weighted by molar-refractivity contribution is 7.14. The Morgan fingerprint density at radius 1 is 1.23 bits per heavy atom. The molecule has 0 saturated carbocycles. The van der Waals surface area contributed by atoms with Crippen LogP contribution in [0.3, 0.4) is 0 Å². The molecule has 0 bridgehead atoms. The van der Waals surface area contributed by atoms with Crippen LogP contribution in [0.4, 0.5) is 9.52 Å². The number of pyridine rings is 1. The molecule has 2 heterocycles. The average molecular weight is 313 g/mol. The van der Waals surface area contributed by atoms with Crippen LogP contribution < -0.4 is 5.32 Å². The first-order chi connectivity index (χ1) is 10.7. The fourth-order valence-corrected chi connectivity index (χ4v) is 2.67. The van der Waals surface area contributed by atoms with E-state index in [9.17, 15) is 9.18 Å². The summed E-state index contributed by atoms with van der Waals surface area (Å²) in [7, 11) is 0. The SMILES string of the molecule is O=C(Cc1cccnc1)Nc1nc(-c2ccc(F)cc2)cs1. The van der Waals surface area contributed by atoms with Gasteiger partial charge < -0.3 is 5.32 Å². The van der Waals surface area contributed by atoms with E-state index < -0.39 is 0 Å². The highest BCUT2D eigenvalue weighted by Gasteiger charge is 2.09. The van der Waals surface area contributed by atoms with Crippen molar-refractivity contribution in [3.8, 4) is 11.3 Å². The van der Waals surface area contributed by atoms with Crippen LogP contribution in [0.5, 0.6) is 0 Å². The molecule has 1 aromatic carbocycles. The molecule has 0 aliphatic carbocycles. The summed E-state index contributed by atoms with van der Waals surface area (Å²) in [5.74, 6) is -0.433. The summed E-state index contributed by atoms with van der Waals surface area (Å²) < 4.78 is 12.9. The molecule has 0 aliphatic rings. The van der Waals surface area contributed by atoms with Gasteiger partial charge in [-0.1, -0.05) is 6.07 Å². The largest absolute Gasteiger partial charge is 0.302 e. The summed E-state index contributed by atoms with van der Waals surface area (Å²) in [6.07, 6.45) is 3.57. The molecule has 110 valence electrons. The van der Waals surface area contributed by atoms with Crippen LogP contribution >= 0.6 is 11.3 Å². The number of aromatic nitrogens is 2. The Hall–Kier alpha value is -2.60. The summed E-state index contributed by atoms with van der Waals surface area (Å²) >= 11 is 1.34. The van der Waals surface area contributed by atoms with Gasteiger partial charge in [0.15, 0.2) is 5.13 Å². The Bertz CT molecular complexity index is 772. The van der Waals surface area contributed by atoms with Gasteiger partial charge in [0, 0.05) is 23.3 Å². The van der Waals surface area contributed by atoms with Crippen molar-refractivity contribution in [1.29, 1.82) is 0 Å². The first-order valence-corrected chi connectivity index (χ1v) is 7.49. The molecule has 4 nitrogen and oxygen atoms in total. The summed E-state index contributed by atoms with van der Waals surface area (Å²) in [4.78, 5) is 20.3. The molecule has 2 aromatic heterocycles. The quantitative estimate of drug-likeness (QED) is 0.801. The second-order valence-electron chi connectivity index (χ2n) is 4.63. The van der Waals surface area contributed by atoms with Crippen molar-refractivity contribution in [2.24, 2.45) is 0 Å². The van der Waals surface area contributed by atoms with Crippen molar-refractivity contribution >= 4 is 22.4 Å². The van der Waals surface area contributed by atoms with Gasteiger partial charge in [-0.25, -0.2) is 9.37 Å². The third-order valence-corrected chi connectivity index (χ3v) is 3.74. The third-order valence-electron chi connectivity index (χ3n) is 2.98. The number of amides is 1. The summed E-state index contributed by atoms with van der Waals surface area (Å²) in [5, 5.41) is 5.11. The molecule has 0 saturated heterocycles. The maximum atomic E-state index is 12.9. The van der Waals surface area contributed by atoms with Gasteiger partial charge in [0.2, 0.25) is 5.91 Å². The van der Waals surface area contributed by atoms with Gasteiger partial charge in [-0.15, -0.1) is 11.3 Å². The molecular formula is C16H12FN3OS. The van der Waals surface area contributed by atoms with Crippen molar-refractivity contribution in [3.05, 3.63) is 65.6 Å². The number of benzene rings is 1. The van der Waals surface area contributed by atoms with Crippen LogP contribution in [-0.4, -0.2) is 15.9 Å². The van der Waals surface area contributed by atoms with Gasteiger partial charge in [-0.2, -0.15) is 0 Å². The molecule has 6 heteroatoms.